The fourth-order valence-corrected chi connectivity index (χ4v) is 3.89. The summed E-state index contributed by atoms with van der Waals surface area (Å²) in [6.45, 7) is 0.849. The van der Waals surface area contributed by atoms with Crippen molar-refractivity contribution >= 4 is 35.0 Å². The molecule has 1 heterocycles. The van der Waals surface area contributed by atoms with Gasteiger partial charge in [0.05, 0.1) is 17.1 Å². The van der Waals surface area contributed by atoms with Crippen molar-refractivity contribution in [2.75, 3.05) is 13.1 Å². The second kappa shape index (κ2) is 7.70. The SMILES string of the molecule is O=C(CNC(=O)c1ccc(Cl)cc1Cl)NC1CCCC2CNNC21. The smallest absolute Gasteiger partial charge is 0.253 e. The zero-order chi connectivity index (χ0) is 17.1. The Kier molecular flexibility index (Phi) is 5.61. The van der Waals surface area contributed by atoms with Crippen LogP contribution in [0.3, 0.4) is 0 Å². The fraction of sp³-hybridized carbons (Fsp3) is 0.500. The van der Waals surface area contributed by atoms with E-state index in [1.165, 1.54) is 18.6 Å². The molecule has 2 amide bonds. The quantitative estimate of drug-likeness (QED) is 0.646. The number of hydrogen-bond donors (Lipinski definition) is 4. The van der Waals surface area contributed by atoms with E-state index in [0.29, 0.717) is 16.5 Å². The van der Waals surface area contributed by atoms with E-state index in [-0.39, 0.29) is 29.6 Å². The van der Waals surface area contributed by atoms with E-state index in [4.69, 9.17) is 23.2 Å². The Morgan fingerprint density at radius 3 is 2.88 bits per heavy atom. The summed E-state index contributed by atoms with van der Waals surface area (Å²) in [5.41, 5.74) is 6.69. The molecule has 0 bridgehead atoms. The number of benzene rings is 1. The topological polar surface area (TPSA) is 82.3 Å². The van der Waals surface area contributed by atoms with Crippen molar-refractivity contribution in [3.05, 3.63) is 33.8 Å². The molecule has 1 aliphatic heterocycles. The van der Waals surface area contributed by atoms with E-state index >= 15 is 0 Å². The van der Waals surface area contributed by atoms with Gasteiger partial charge in [-0.05, 0) is 37.0 Å². The van der Waals surface area contributed by atoms with Crippen LogP contribution in [0.2, 0.25) is 10.0 Å². The largest absolute Gasteiger partial charge is 0.350 e. The van der Waals surface area contributed by atoms with Gasteiger partial charge in [0.25, 0.3) is 5.91 Å². The summed E-state index contributed by atoms with van der Waals surface area (Å²) in [5, 5.41) is 6.32. The Balaban J connectivity index is 1.51. The Hall–Kier alpha value is -1.34. The summed E-state index contributed by atoms with van der Waals surface area (Å²) < 4.78 is 0. The van der Waals surface area contributed by atoms with Gasteiger partial charge < -0.3 is 10.6 Å². The number of hydrazine groups is 1. The Morgan fingerprint density at radius 2 is 2.08 bits per heavy atom. The Bertz CT molecular complexity index is 641. The highest BCUT2D eigenvalue weighted by atomic mass is 35.5. The van der Waals surface area contributed by atoms with E-state index < -0.39 is 5.91 Å². The molecule has 3 atom stereocenters. The lowest BCUT2D eigenvalue weighted by atomic mass is 9.82. The molecule has 0 radical (unpaired) electrons. The van der Waals surface area contributed by atoms with Crippen LogP contribution in [0.25, 0.3) is 0 Å². The van der Waals surface area contributed by atoms with Crippen LogP contribution in [0, 0.1) is 5.92 Å². The minimum Gasteiger partial charge on any atom is -0.350 e. The maximum atomic E-state index is 12.1. The van der Waals surface area contributed by atoms with Crippen molar-refractivity contribution in [1.29, 1.82) is 0 Å². The third-order valence-corrected chi connectivity index (χ3v) is 5.14. The zero-order valence-corrected chi connectivity index (χ0v) is 14.6. The van der Waals surface area contributed by atoms with Gasteiger partial charge in [0.15, 0.2) is 0 Å². The number of hydrogen-bond acceptors (Lipinski definition) is 4. The summed E-state index contributed by atoms with van der Waals surface area (Å²) in [7, 11) is 0. The molecule has 6 nitrogen and oxygen atoms in total. The molecular formula is C16H20Cl2N4O2. The number of carbonyl (C=O) groups excluding carboxylic acids is 2. The molecule has 1 saturated heterocycles. The van der Waals surface area contributed by atoms with E-state index in [0.717, 1.165) is 19.4 Å². The first kappa shape index (κ1) is 17.5. The monoisotopic (exact) mass is 370 g/mol. The van der Waals surface area contributed by atoms with Gasteiger partial charge in [-0.25, -0.2) is 0 Å². The maximum Gasteiger partial charge on any atom is 0.253 e. The third kappa shape index (κ3) is 4.00. The van der Waals surface area contributed by atoms with E-state index in [2.05, 4.69) is 21.5 Å². The van der Waals surface area contributed by atoms with Gasteiger partial charge in [0.1, 0.15) is 0 Å². The van der Waals surface area contributed by atoms with Gasteiger partial charge in [-0.15, -0.1) is 0 Å². The van der Waals surface area contributed by atoms with Crippen molar-refractivity contribution in [2.24, 2.45) is 5.92 Å². The molecule has 24 heavy (non-hydrogen) atoms. The van der Waals surface area contributed by atoms with Gasteiger partial charge >= 0.3 is 0 Å². The average molecular weight is 371 g/mol. The van der Waals surface area contributed by atoms with Gasteiger partial charge in [-0.1, -0.05) is 29.6 Å². The van der Waals surface area contributed by atoms with Crippen molar-refractivity contribution in [1.82, 2.24) is 21.5 Å². The summed E-state index contributed by atoms with van der Waals surface area (Å²) in [4.78, 5) is 24.3. The van der Waals surface area contributed by atoms with E-state index in [1.54, 1.807) is 6.07 Å². The first-order valence-electron chi connectivity index (χ1n) is 8.05. The highest BCUT2D eigenvalue weighted by molar-refractivity contribution is 6.36. The molecule has 3 unspecified atom stereocenters. The van der Waals surface area contributed by atoms with Crippen molar-refractivity contribution < 1.29 is 9.59 Å². The van der Waals surface area contributed by atoms with Crippen molar-refractivity contribution in [3.63, 3.8) is 0 Å². The lowest BCUT2D eigenvalue weighted by Crippen LogP contribution is -2.54. The third-order valence-electron chi connectivity index (χ3n) is 4.60. The zero-order valence-electron chi connectivity index (χ0n) is 13.1. The Labute approximate surface area is 150 Å². The first-order chi connectivity index (χ1) is 11.5. The van der Waals surface area contributed by atoms with Crippen LogP contribution in [0.4, 0.5) is 0 Å². The molecule has 0 aromatic heterocycles. The van der Waals surface area contributed by atoms with Gasteiger partial charge in [-0.3, -0.25) is 20.4 Å². The second-order valence-electron chi connectivity index (χ2n) is 6.22. The van der Waals surface area contributed by atoms with Crippen LogP contribution >= 0.6 is 23.2 Å². The van der Waals surface area contributed by atoms with Crippen molar-refractivity contribution in [3.8, 4) is 0 Å². The van der Waals surface area contributed by atoms with Gasteiger partial charge in [0.2, 0.25) is 5.91 Å². The molecule has 3 rings (SSSR count). The number of amides is 2. The molecule has 1 aromatic carbocycles. The molecule has 1 aromatic rings. The highest BCUT2D eigenvalue weighted by Crippen LogP contribution is 2.26. The number of nitrogens with one attached hydrogen (secondary N) is 4. The number of halogens is 2. The maximum absolute atomic E-state index is 12.1. The molecule has 2 aliphatic rings. The minimum absolute atomic E-state index is 0.0842. The van der Waals surface area contributed by atoms with Crippen LogP contribution < -0.4 is 21.5 Å². The van der Waals surface area contributed by atoms with E-state index in [1.807, 2.05) is 0 Å². The molecule has 4 N–H and O–H groups in total. The number of carbonyl (C=O) groups is 2. The molecule has 1 aliphatic carbocycles. The Morgan fingerprint density at radius 1 is 1.25 bits per heavy atom. The molecule has 130 valence electrons. The minimum atomic E-state index is -0.394. The first-order valence-corrected chi connectivity index (χ1v) is 8.81. The summed E-state index contributed by atoms with van der Waals surface area (Å²) in [6, 6.07) is 4.96. The van der Waals surface area contributed by atoms with Gasteiger partial charge in [-0.2, -0.15) is 0 Å². The lowest BCUT2D eigenvalue weighted by molar-refractivity contribution is -0.121. The molecular weight excluding hydrogens is 351 g/mol. The van der Waals surface area contributed by atoms with Crippen LogP contribution in [0.1, 0.15) is 29.6 Å². The van der Waals surface area contributed by atoms with Crippen LogP contribution in [0.5, 0.6) is 0 Å². The molecule has 2 fully saturated rings. The predicted octanol–water partition coefficient (Wildman–Crippen LogP) is 1.48. The number of rotatable bonds is 4. The predicted molar refractivity (Wildman–Crippen MR) is 93.0 cm³/mol. The fourth-order valence-electron chi connectivity index (χ4n) is 3.39. The van der Waals surface area contributed by atoms with Crippen LogP contribution in [-0.2, 0) is 4.79 Å². The molecule has 1 saturated carbocycles. The summed E-state index contributed by atoms with van der Waals surface area (Å²) >= 11 is 11.8. The molecule has 8 heteroatoms. The average Bonchev–Trinajstić information content (AvgIpc) is 3.02. The second-order valence-corrected chi connectivity index (χ2v) is 7.07. The standard InChI is InChI=1S/C16H20Cl2N4O2/c17-10-4-5-11(12(18)6-10)16(24)19-8-14(23)21-13-3-1-2-9-7-20-22-15(9)13/h4-6,9,13,15,20,22H,1-3,7-8H2,(H,19,24)(H,21,23). The summed E-state index contributed by atoms with van der Waals surface area (Å²) in [6.07, 6.45) is 3.21. The van der Waals surface area contributed by atoms with Crippen molar-refractivity contribution in [2.45, 2.75) is 31.3 Å². The lowest BCUT2D eigenvalue weighted by Gasteiger charge is -2.33. The number of fused-ring (bicyclic) bond motifs is 1. The van der Waals surface area contributed by atoms with Gasteiger partial charge in [0, 0.05) is 23.7 Å². The van der Waals surface area contributed by atoms with E-state index in [9.17, 15) is 9.59 Å². The summed E-state index contributed by atoms with van der Waals surface area (Å²) in [5.74, 6) is -0.0479. The van der Waals surface area contributed by atoms with Crippen LogP contribution in [0.15, 0.2) is 18.2 Å². The highest BCUT2D eigenvalue weighted by Gasteiger charge is 2.37. The normalized spacial score (nSPS) is 25.8. The van der Waals surface area contributed by atoms with Crippen LogP contribution in [-0.4, -0.2) is 37.0 Å². The molecule has 0 spiro atoms.